The molecule has 1 saturated heterocycles. The minimum atomic E-state index is 0.0198. The fourth-order valence-corrected chi connectivity index (χ4v) is 4.30. The molecule has 4 heterocycles. The van der Waals surface area contributed by atoms with Crippen molar-refractivity contribution in [2.75, 3.05) is 13.1 Å². The lowest BCUT2D eigenvalue weighted by atomic mass is 10.1. The summed E-state index contributed by atoms with van der Waals surface area (Å²) >= 11 is 8.78. The number of amides is 1. The van der Waals surface area contributed by atoms with Gasteiger partial charge in [0, 0.05) is 19.0 Å². The van der Waals surface area contributed by atoms with Crippen molar-refractivity contribution in [1.82, 2.24) is 15.0 Å². The highest BCUT2D eigenvalue weighted by Gasteiger charge is 2.31. The largest absolute Gasteiger partial charge is 0.337 e. The predicted molar refractivity (Wildman–Crippen MR) is 90.2 cm³/mol. The van der Waals surface area contributed by atoms with Gasteiger partial charge < -0.3 is 9.42 Å². The second-order valence-corrected chi connectivity index (χ2v) is 7.94. The van der Waals surface area contributed by atoms with Crippen molar-refractivity contribution in [3.05, 3.63) is 44.7 Å². The summed E-state index contributed by atoms with van der Waals surface area (Å²) in [7, 11) is 0. The van der Waals surface area contributed by atoms with Crippen LogP contribution in [0.2, 0.25) is 4.34 Å². The van der Waals surface area contributed by atoms with Crippen molar-refractivity contribution >= 4 is 40.2 Å². The minimum absolute atomic E-state index is 0.0198. The Morgan fingerprint density at radius 2 is 2.30 bits per heavy atom. The van der Waals surface area contributed by atoms with Crippen LogP contribution in [-0.4, -0.2) is 34.0 Å². The third kappa shape index (κ3) is 2.91. The lowest BCUT2D eigenvalue weighted by Crippen LogP contribution is -2.27. The first-order valence-corrected chi connectivity index (χ1v) is 9.20. The predicted octanol–water partition coefficient (Wildman–Crippen LogP) is 4.14. The molecule has 5 nitrogen and oxygen atoms in total. The van der Waals surface area contributed by atoms with Gasteiger partial charge in [-0.2, -0.15) is 4.98 Å². The standard InChI is InChI=1S/C15H12ClN3O2S2/c16-12-4-3-11(23-12)15(20)19-6-5-9(8-19)13-17-14(21-18-13)10-2-1-7-22-10/h1-4,7,9H,5-6,8H2/t9-/m0/s1. The van der Waals surface area contributed by atoms with Gasteiger partial charge >= 0.3 is 0 Å². The number of nitrogens with zero attached hydrogens (tertiary/aromatic N) is 3. The minimum Gasteiger partial charge on any atom is -0.337 e. The molecular weight excluding hydrogens is 354 g/mol. The van der Waals surface area contributed by atoms with Crippen LogP contribution in [0.1, 0.15) is 27.8 Å². The number of aromatic nitrogens is 2. The summed E-state index contributed by atoms with van der Waals surface area (Å²) in [5.41, 5.74) is 0. The van der Waals surface area contributed by atoms with Crippen LogP contribution in [0.3, 0.4) is 0 Å². The Morgan fingerprint density at radius 1 is 1.39 bits per heavy atom. The van der Waals surface area contributed by atoms with Crippen molar-refractivity contribution < 1.29 is 9.32 Å². The van der Waals surface area contributed by atoms with Gasteiger partial charge in [-0.15, -0.1) is 22.7 Å². The zero-order valence-corrected chi connectivity index (χ0v) is 14.3. The average molecular weight is 366 g/mol. The molecule has 0 aliphatic carbocycles. The molecule has 1 atom stereocenters. The van der Waals surface area contributed by atoms with Crippen LogP contribution >= 0.6 is 34.3 Å². The van der Waals surface area contributed by atoms with E-state index in [1.54, 1.807) is 23.5 Å². The number of rotatable bonds is 3. The van der Waals surface area contributed by atoms with Crippen molar-refractivity contribution in [2.45, 2.75) is 12.3 Å². The maximum atomic E-state index is 12.4. The number of hydrogen-bond donors (Lipinski definition) is 0. The number of hydrogen-bond acceptors (Lipinski definition) is 6. The molecule has 3 aromatic heterocycles. The quantitative estimate of drug-likeness (QED) is 0.699. The molecule has 0 unspecified atom stereocenters. The van der Waals surface area contributed by atoms with Gasteiger partial charge in [-0.25, -0.2) is 0 Å². The lowest BCUT2D eigenvalue weighted by Gasteiger charge is -2.14. The highest BCUT2D eigenvalue weighted by molar-refractivity contribution is 7.18. The normalized spacial score (nSPS) is 17.8. The summed E-state index contributed by atoms with van der Waals surface area (Å²) in [6.07, 6.45) is 0.842. The molecule has 118 valence electrons. The van der Waals surface area contributed by atoms with Gasteiger partial charge in [-0.3, -0.25) is 4.79 Å². The SMILES string of the molecule is O=C(c1ccc(Cl)s1)N1CC[C@H](c2noc(-c3cccs3)n2)C1. The van der Waals surface area contributed by atoms with E-state index in [-0.39, 0.29) is 11.8 Å². The number of carbonyl (C=O) groups excluding carboxylic acids is 1. The first-order chi connectivity index (χ1) is 11.2. The van der Waals surface area contributed by atoms with E-state index in [0.29, 0.717) is 34.0 Å². The first-order valence-electron chi connectivity index (χ1n) is 7.13. The van der Waals surface area contributed by atoms with Crippen LogP contribution in [-0.2, 0) is 0 Å². The van der Waals surface area contributed by atoms with E-state index in [1.165, 1.54) is 11.3 Å². The monoisotopic (exact) mass is 365 g/mol. The number of halogens is 1. The third-order valence-electron chi connectivity index (χ3n) is 3.80. The molecule has 0 bridgehead atoms. The molecule has 1 aliphatic heterocycles. The van der Waals surface area contributed by atoms with Gasteiger partial charge in [0.15, 0.2) is 5.82 Å². The van der Waals surface area contributed by atoms with Crippen molar-refractivity contribution in [2.24, 2.45) is 0 Å². The number of carbonyl (C=O) groups is 1. The van der Waals surface area contributed by atoms with Gasteiger partial charge in [0.25, 0.3) is 11.8 Å². The summed E-state index contributed by atoms with van der Waals surface area (Å²) in [5.74, 6) is 1.36. The molecule has 4 rings (SSSR count). The fraction of sp³-hybridized carbons (Fsp3) is 0.267. The molecule has 1 fully saturated rings. The highest BCUT2D eigenvalue weighted by Crippen LogP contribution is 2.31. The molecular formula is C15H12ClN3O2S2. The van der Waals surface area contributed by atoms with Crippen LogP contribution < -0.4 is 0 Å². The molecule has 0 radical (unpaired) electrons. The molecule has 0 aromatic carbocycles. The Hall–Kier alpha value is -1.70. The maximum Gasteiger partial charge on any atom is 0.267 e. The van der Waals surface area contributed by atoms with E-state index in [0.717, 1.165) is 11.3 Å². The van der Waals surface area contributed by atoms with Crippen molar-refractivity contribution in [3.63, 3.8) is 0 Å². The Balaban J connectivity index is 1.47. The molecule has 0 saturated carbocycles. The lowest BCUT2D eigenvalue weighted by molar-refractivity contribution is 0.0795. The van der Waals surface area contributed by atoms with Crippen LogP contribution in [0, 0.1) is 0 Å². The second kappa shape index (κ2) is 6.07. The molecule has 1 amide bonds. The van der Waals surface area contributed by atoms with Crippen molar-refractivity contribution in [1.29, 1.82) is 0 Å². The molecule has 3 aromatic rings. The van der Waals surface area contributed by atoms with E-state index in [2.05, 4.69) is 10.1 Å². The summed E-state index contributed by atoms with van der Waals surface area (Å²) in [6, 6.07) is 7.42. The Labute approximate surface area is 145 Å². The zero-order valence-electron chi connectivity index (χ0n) is 11.9. The van der Waals surface area contributed by atoms with Crippen LogP contribution in [0.15, 0.2) is 34.2 Å². The second-order valence-electron chi connectivity index (χ2n) is 5.28. The van der Waals surface area contributed by atoms with Crippen LogP contribution in [0.25, 0.3) is 10.8 Å². The highest BCUT2D eigenvalue weighted by atomic mass is 35.5. The van der Waals surface area contributed by atoms with Crippen LogP contribution in [0.4, 0.5) is 0 Å². The van der Waals surface area contributed by atoms with E-state index in [9.17, 15) is 4.79 Å². The molecule has 23 heavy (non-hydrogen) atoms. The van der Waals surface area contributed by atoms with E-state index >= 15 is 0 Å². The molecule has 1 aliphatic rings. The Morgan fingerprint density at radius 3 is 3.04 bits per heavy atom. The molecule has 0 spiro atoms. The fourth-order valence-electron chi connectivity index (χ4n) is 2.64. The van der Waals surface area contributed by atoms with Gasteiger partial charge in [-0.1, -0.05) is 22.8 Å². The summed E-state index contributed by atoms with van der Waals surface area (Å²) in [6.45, 7) is 1.31. The smallest absolute Gasteiger partial charge is 0.267 e. The molecule has 0 N–H and O–H groups in total. The first kappa shape index (κ1) is 14.9. The average Bonchev–Trinajstić information content (AvgIpc) is 3.30. The maximum absolute atomic E-state index is 12.4. The number of thiophene rings is 2. The Bertz CT molecular complexity index is 828. The van der Waals surface area contributed by atoms with E-state index in [1.807, 2.05) is 22.4 Å². The topological polar surface area (TPSA) is 59.2 Å². The van der Waals surface area contributed by atoms with Crippen LogP contribution in [0.5, 0.6) is 0 Å². The van der Waals surface area contributed by atoms with E-state index in [4.69, 9.17) is 16.1 Å². The number of likely N-dealkylation sites (tertiary alicyclic amines) is 1. The van der Waals surface area contributed by atoms with Crippen molar-refractivity contribution in [3.8, 4) is 10.8 Å². The molecule has 8 heteroatoms. The third-order valence-corrected chi connectivity index (χ3v) is 5.88. The van der Waals surface area contributed by atoms with E-state index < -0.39 is 0 Å². The van der Waals surface area contributed by atoms with Gasteiger partial charge in [0.05, 0.1) is 14.1 Å². The zero-order chi connectivity index (χ0) is 15.8. The van der Waals surface area contributed by atoms with Gasteiger partial charge in [-0.05, 0) is 30.0 Å². The summed E-state index contributed by atoms with van der Waals surface area (Å²) < 4.78 is 5.96. The Kier molecular flexibility index (Phi) is 3.92. The summed E-state index contributed by atoms with van der Waals surface area (Å²) in [5, 5.41) is 6.06. The summed E-state index contributed by atoms with van der Waals surface area (Å²) in [4.78, 5) is 20.4. The van der Waals surface area contributed by atoms with Gasteiger partial charge in [0.2, 0.25) is 0 Å². The van der Waals surface area contributed by atoms with Gasteiger partial charge in [0.1, 0.15) is 0 Å².